The molecule has 2 aromatic carbocycles. The number of nitrogens with one attached hydrogen (secondary N) is 1. The van der Waals surface area contributed by atoms with Crippen LogP contribution in [0, 0.1) is 0 Å². The predicted octanol–water partition coefficient (Wildman–Crippen LogP) is 3.77. The molecule has 8 heteroatoms. The number of benzene rings is 2. The van der Waals surface area contributed by atoms with Crippen molar-refractivity contribution in [2.24, 2.45) is 4.99 Å². The number of hydrogen-bond acceptors (Lipinski definition) is 5. The number of hydrogen-bond donors (Lipinski definition) is 1. The normalized spacial score (nSPS) is 14.8. The van der Waals surface area contributed by atoms with Gasteiger partial charge in [-0.05, 0) is 63.6 Å². The van der Waals surface area contributed by atoms with Crippen LogP contribution in [0.2, 0.25) is 0 Å². The molecule has 0 atom stereocenters. The van der Waals surface area contributed by atoms with Crippen molar-refractivity contribution < 1.29 is 19.1 Å². The van der Waals surface area contributed by atoms with Gasteiger partial charge < -0.3 is 10.1 Å². The van der Waals surface area contributed by atoms with E-state index in [1.165, 1.54) is 6.92 Å². The summed E-state index contributed by atoms with van der Waals surface area (Å²) < 4.78 is 6.01. The monoisotopic (exact) mass is 444 g/mol. The van der Waals surface area contributed by atoms with Crippen LogP contribution in [0.1, 0.15) is 22.8 Å². The number of amides is 2. The van der Waals surface area contributed by atoms with E-state index in [9.17, 15) is 14.4 Å². The van der Waals surface area contributed by atoms with Gasteiger partial charge in [0.25, 0.3) is 5.91 Å². The highest BCUT2D eigenvalue weighted by atomic mass is 79.9. The lowest BCUT2D eigenvalue weighted by Gasteiger charge is -2.06. The third kappa shape index (κ3) is 4.93. The fourth-order valence-electron chi connectivity index (χ4n) is 2.19. The zero-order valence-electron chi connectivity index (χ0n) is 14.1. The Bertz CT molecular complexity index is 983. The van der Waals surface area contributed by atoms with Crippen LogP contribution in [0.15, 0.2) is 62.9 Å². The van der Waals surface area contributed by atoms with Crippen LogP contribution in [0.5, 0.6) is 5.75 Å². The summed E-state index contributed by atoms with van der Waals surface area (Å²) in [5.41, 5.74) is 1.17. The topological polar surface area (TPSA) is 84.8 Å². The summed E-state index contributed by atoms with van der Waals surface area (Å²) in [5.74, 6) is -0.776. The van der Waals surface area contributed by atoms with Crippen LogP contribution in [0.25, 0.3) is 6.08 Å². The van der Waals surface area contributed by atoms with Crippen molar-refractivity contribution >= 4 is 56.7 Å². The molecule has 27 heavy (non-hydrogen) atoms. The molecule has 1 N–H and O–H groups in total. The largest absolute Gasteiger partial charge is 0.423 e. The van der Waals surface area contributed by atoms with E-state index >= 15 is 0 Å². The Morgan fingerprint density at radius 2 is 1.85 bits per heavy atom. The molecule has 0 saturated heterocycles. The number of rotatable bonds is 3. The SMILES string of the molecule is CC(=O)NC1=NC(=O)/C(=C/c2ccc(OC(=O)c3ccccc3Br)cc2)S1. The molecule has 0 fully saturated rings. The third-order valence-electron chi connectivity index (χ3n) is 3.39. The fraction of sp³-hybridized carbons (Fsp3) is 0.0526. The maximum absolute atomic E-state index is 12.2. The van der Waals surface area contributed by atoms with Crippen molar-refractivity contribution in [1.29, 1.82) is 0 Å². The summed E-state index contributed by atoms with van der Waals surface area (Å²) in [7, 11) is 0. The predicted molar refractivity (Wildman–Crippen MR) is 107 cm³/mol. The fourth-order valence-corrected chi connectivity index (χ4v) is 3.49. The number of carbonyl (C=O) groups excluding carboxylic acids is 3. The molecule has 0 radical (unpaired) electrons. The quantitative estimate of drug-likeness (QED) is 0.442. The second-order valence-corrected chi connectivity index (χ2v) is 7.34. The van der Waals surface area contributed by atoms with Crippen LogP contribution in [-0.4, -0.2) is 23.0 Å². The zero-order valence-corrected chi connectivity index (χ0v) is 16.5. The second kappa shape index (κ2) is 8.32. The average Bonchev–Trinajstić information content (AvgIpc) is 2.95. The second-order valence-electron chi connectivity index (χ2n) is 5.45. The first-order chi connectivity index (χ1) is 12.9. The van der Waals surface area contributed by atoms with E-state index < -0.39 is 11.9 Å². The summed E-state index contributed by atoms with van der Waals surface area (Å²) in [4.78, 5) is 39.3. The molecule has 1 heterocycles. The van der Waals surface area contributed by atoms with Gasteiger partial charge in [-0.15, -0.1) is 0 Å². The van der Waals surface area contributed by atoms with Crippen LogP contribution in [0.3, 0.4) is 0 Å². The lowest BCUT2D eigenvalue weighted by Crippen LogP contribution is -2.23. The van der Waals surface area contributed by atoms with E-state index in [-0.39, 0.29) is 11.1 Å². The van der Waals surface area contributed by atoms with Crippen LogP contribution < -0.4 is 10.1 Å². The first-order valence-electron chi connectivity index (χ1n) is 7.79. The number of esters is 1. The Morgan fingerprint density at radius 3 is 2.52 bits per heavy atom. The van der Waals surface area contributed by atoms with Crippen molar-refractivity contribution in [2.75, 3.05) is 0 Å². The number of thioether (sulfide) groups is 1. The van der Waals surface area contributed by atoms with E-state index in [0.29, 0.717) is 20.7 Å². The number of amidine groups is 1. The van der Waals surface area contributed by atoms with Gasteiger partial charge in [0.1, 0.15) is 5.75 Å². The molecule has 1 aliphatic rings. The van der Waals surface area contributed by atoms with Gasteiger partial charge >= 0.3 is 5.97 Å². The summed E-state index contributed by atoms with van der Waals surface area (Å²) in [6, 6.07) is 13.7. The molecule has 0 unspecified atom stereocenters. The highest BCUT2D eigenvalue weighted by Gasteiger charge is 2.22. The van der Waals surface area contributed by atoms with Gasteiger partial charge in [-0.3, -0.25) is 9.59 Å². The van der Waals surface area contributed by atoms with E-state index in [1.807, 2.05) is 6.07 Å². The van der Waals surface area contributed by atoms with Gasteiger partial charge in [0.05, 0.1) is 10.5 Å². The van der Waals surface area contributed by atoms with Crippen LogP contribution in [0.4, 0.5) is 0 Å². The van der Waals surface area contributed by atoms with Gasteiger partial charge in [0, 0.05) is 11.4 Å². The van der Waals surface area contributed by atoms with Crippen molar-refractivity contribution in [3.05, 3.63) is 69.0 Å². The molecule has 2 amide bonds. The standard InChI is InChI=1S/C19H13BrN2O4S/c1-11(23)21-19-22-17(24)16(27-19)10-12-6-8-13(9-7-12)26-18(25)14-4-2-3-5-15(14)20/h2-10H,1H3,(H,21,22,23,24)/b16-10-. The van der Waals surface area contributed by atoms with Crippen LogP contribution >= 0.6 is 27.7 Å². The van der Waals surface area contributed by atoms with Crippen molar-refractivity contribution in [3.63, 3.8) is 0 Å². The summed E-state index contributed by atoms with van der Waals surface area (Å²) >= 11 is 4.41. The van der Waals surface area contributed by atoms with E-state index in [4.69, 9.17) is 4.74 Å². The average molecular weight is 445 g/mol. The van der Waals surface area contributed by atoms with Gasteiger partial charge in [0.15, 0.2) is 5.17 Å². The maximum Gasteiger partial charge on any atom is 0.344 e. The minimum atomic E-state index is -0.469. The molecular weight excluding hydrogens is 432 g/mol. The van der Waals surface area contributed by atoms with Crippen molar-refractivity contribution in [3.8, 4) is 5.75 Å². The van der Waals surface area contributed by atoms with Crippen molar-refractivity contribution in [1.82, 2.24) is 5.32 Å². The Morgan fingerprint density at radius 1 is 1.15 bits per heavy atom. The smallest absolute Gasteiger partial charge is 0.344 e. The Balaban J connectivity index is 1.68. The zero-order chi connectivity index (χ0) is 19.4. The molecule has 6 nitrogen and oxygen atoms in total. The molecule has 0 aromatic heterocycles. The van der Waals surface area contributed by atoms with Crippen LogP contribution in [-0.2, 0) is 9.59 Å². The molecule has 136 valence electrons. The Labute approximate surface area is 167 Å². The van der Waals surface area contributed by atoms with E-state index in [1.54, 1.807) is 48.5 Å². The van der Waals surface area contributed by atoms with E-state index in [2.05, 4.69) is 26.2 Å². The van der Waals surface area contributed by atoms with Gasteiger partial charge in [-0.2, -0.15) is 4.99 Å². The lowest BCUT2D eigenvalue weighted by atomic mass is 10.2. The summed E-state index contributed by atoms with van der Waals surface area (Å²) in [6.45, 7) is 1.35. The third-order valence-corrected chi connectivity index (χ3v) is 4.98. The molecule has 0 bridgehead atoms. The van der Waals surface area contributed by atoms with E-state index in [0.717, 1.165) is 17.3 Å². The Hall–Kier alpha value is -2.71. The first-order valence-corrected chi connectivity index (χ1v) is 9.40. The Kier molecular flexibility index (Phi) is 5.88. The molecule has 0 aliphatic carbocycles. The lowest BCUT2D eigenvalue weighted by molar-refractivity contribution is -0.117. The molecular formula is C19H13BrN2O4S. The van der Waals surface area contributed by atoms with Gasteiger partial charge in [0.2, 0.25) is 5.91 Å². The maximum atomic E-state index is 12.2. The van der Waals surface area contributed by atoms with Gasteiger partial charge in [-0.25, -0.2) is 4.79 Å². The van der Waals surface area contributed by atoms with Crippen molar-refractivity contribution in [2.45, 2.75) is 6.92 Å². The first kappa shape index (κ1) is 19.1. The molecule has 3 rings (SSSR count). The number of carbonyl (C=O) groups is 3. The number of nitrogens with zero attached hydrogens (tertiary/aromatic N) is 1. The number of ether oxygens (including phenoxy) is 1. The molecule has 0 spiro atoms. The highest BCUT2D eigenvalue weighted by molar-refractivity contribution is 9.10. The summed E-state index contributed by atoms with van der Waals surface area (Å²) in [5, 5.41) is 2.75. The minimum absolute atomic E-state index is 0.262. The highest BCUT2D eigenvalue weighted by Crippen LogP contribution is 2.28. The minimum Gasteiger partial charge on any atom is -0.423 e. The molecule has 2 aromatic rings. The molecule has 1 aliphatic heterocycles. The number of halogens is 1. The number of aliphatic imine (C=N–C) groups is 1. The van der Waals surface area contributed by atoms with Gasteiger partial charge in [-0.1, -0.05) is 24.3 Å². The summed E-state index contributed by atoms with van der Waals surface area (Å²) in [6.07, 6.45) is 1.66. The molecule has 0 saturated carbocycles.